The molecule has 5 nitrogen and oxygen atoms in total. The van der Waals surface area contributed by atoms with Crippen LogP contribution in [0.25, 0.3) is 0 Å². The molecule has 8 heteroatoms. The van der Waals surface area contributed by atoms with Crippen LogP contribution >= 0.6 is 34.8 Å². The lowest BCUT2D eigenvalue weighted by molar-refractivity contribution is -0.116. The maximum absolute atomic E-state index is 12.0. The van der Waals surface area contributed by atoms with E-state index < -0.39 is 0 Å². The molecule has 126 valence electrons. The van der Waals surface area contributed by atoms with E-state index in [0.29, 0.717) is 10.7 Å². The van der Waals surface area contributed by atoms with Crippen LogP contribution < -0.4 is 10.6 Å². The summed E-state index contributed by atoms with van der Waals surface area (Å²) in [6.45, 7) is 1.98. The highest BCUT2D eigenvalue weighted by atomic mass is 35.5. The van der Waals surface area contributed by atoms with Gasteiger partial charge in [-0.15, -0.1) is 0 Å². The number of anilines is 1. The molecule has 2 N–H and O–H groups in total. The van der Waals surface area contributed by atoms with Crippen molar-refractivity contribution >= 4 is 52.3 Å². The molecule has 1 aromatic carbocycles. The van der Waals surface area contributed by atoms with Crippen LogP contribution in [-0.4, -0.2) is 23.3 Å². The Labute approximate surface area is 154 Å². The SMILES string of the molecule is Cc1c(Cl)cccc1NC(=O)CCNC(=O)c1cc(Cl)nc(Cl)c1. The molecule has 2 rings (SSSR count). The second-order valence-electron chi connectivity index (χ2n) is 4.97. The Balaban J connectivity index is 1.86. The van der Waals surface area contributed by atoms with Gasteiger partial charge < -0.3 is 10.6 Å². The zero-order valence-corrected chi connectivity index (χ0v) is 15.0. The fraction of sp³-hybridized carbons (Fsp3) is 0.188. The number of pyridine rings is 1. The highest BCUT2D eigenvalue weighted by Crippen LogP contribution is 2.22. The molecule has 0 aliphatic heterocycles. The van der Waals surface area contributed by atoms with Crippen molar-refractivity contribution in [3.05, 3.63) is 56.8 Å². The second-order valence-corrected chi connectivity index (χ2v) is 6.15. The lowest BCUT2D eigenvalue weighted by Gasteiger charge is -2.10. The van der Waals surface area contributed by atoms with Gasteiger partial charge in [0.25, 0.3) is 5.91 Å². The normalized spacial score (nSPS) is 10.3. The van der Waals surface area contributed by atoms with Crippen LogP contribution in [0.4, 0.5) is 5.69 Å². The molecule has 0 aliphatic carbocycles. The van der Waals surface area contributed by atoms with E-state index in [0.717, 1.165) is 5.56 Å². The Hall–Kier alpha value is -1.82. The zero-order chi connectivity index (χ0) is 17.7. The summed E-state index contributed by atoms with van der Waals surface area (Å²) >= 11 is 17.5. The Morgan fingerprint density at radius 1 is 1.12 bits per heavy atom. The first-order valence-corrected chi connectivity index (χ1v) is 8.16. The third kappa shape index (κ3) is 5.09. The van der Waals surface area contributed by atoms with Crippen molar-refractivity contribution in [3.63, 3.8) is 0 Å². The van der Waals surface area contributed by atoms with E-state index in [1.165, 1.54) is 12.1 Å². The molecule has 0 radical (unpaired) electrons. The molecule has 2 aromatic rings. The summed E-state index contributed by atoms with van der Waals surface area (Å²) in [5.41, 5.74) is 1.72. The highest BCUT2D eigenvalue weighted by Gasteiger charge is 2.10. The van der Waals surface area contributed by atoms with Gasteiger partial charge in [-0.05, 0) is 36.8 Å². The van der Waals surface area contributed by atoms with Crippen LogP contribution in [0.1, 0.15) is 22.3 Å². The fourth-order valence-electron chi connectivity index (χ4n) is 1.94. The van der Waals surface area contributed by atoms with Gasteiger partial charge in [0, 0.05) is 29.2 Å². The molecule has 0 saturated carbocycles. The number of hydrogen-bond acceptors (Lipinski definition) is 3. The topological polar surface area (TPSA) is 71.1 Å². The van der Waals surface area contributed by atoms with E-state index in [1.807, 2.05) is 6.92 Å². The third-order valence-corrected chi connectivity index (χ3v) is 4.00. The number of carbonyl (C=O) groups excluding carboxylic acids is 2. The van der Waals surface area contributed by atoms with Crippen LogP contribution in [0.2, 0.25) is 15.3 Å². The van der Waals surface area contributed by atoms with E-state index >= 15 is 0 Å². The molecule has 0 fully saturated rings. The Morgan fingerprint density at radius 2 is 1.79 bits per heavy atom. The summed E-state index contributed by atoms with van der Waals surface area (Å²) < 4.78 is 0. The van der Waals surface area contributed by atoms with Gasteiger partial charge in [0.15, 0.2) is 0 Å². The summed E-state index contributed by atoms with van der Waals surface area (Å²) in [5.74, 6) is -0.612. The summed E-state index contributed by atoms with van der Waals surface area (Å²) in [6.07, 6.45) is 0.115. The number of nitrogens with zero attached hydrogens (tertiary/aromatic N) is 1. The van der Waals surface area contributed by atoms with Crippen molar-refractivity contribution in [2.75, 3.05) is 11.9 Å². The predicted molar refractivity (Wildman–Crippen MR) is 96.0 cm³/mol. The molecule has 0 bridgehead atoms. The van der Waals surface area contributed by atoms with Crippen LogP contribution in [-0.2, 0) is 4.79 Å². The molecule has 0 spiro atoms. The number of aromatic nitrogens is 1. The minimum atomic E-state index is -0.382. The number of nitrogens with one attached hydrogen (secondary N) is 2. The second kappa shape index (κ2) is 8.33. The zero-order valence-electron chi connectivity index (χ0n) is 12.7. The van der Waals surface area contributed by atoms with E-state index in [-0.39, 0.29) is 40.6 Å². The first-order valence-electron chi connectivity index (χ1n) is 7.03. The van der Waals surface area contributed by atoms with Crippen molar-refractivity contribution in [2.24, 2.45) is 0 Å². The Bertz CT molecular complexity index is 761. The molecule has 0 saturated heterocycles. The average Bonchev–Trinajstić information content (AvgIpc) is 2.51. The highest BCUT2D eigenvalue weighted by molar-refractivity contribution is 6.33. The molecule has 1 aromatic heterocycles. The number of benzene rings is 1. The van der Waals surface area contributed by atoms with Crippen LogP contribution in [0.5, 0.6) is 0 Å². The van der Waals surface area contributed by atoms with Gasteiger partial charge in [-0.25, -0.2) is 4.98 Å². The van der Waals surface area contributed by atoms with E-state index in [4.69, 9.17) is 34.8 Å². The number of rotatable bonds is 5. The molecular formula is C16H14Cl3N3O2. The smallest absolute Gasteiger partial charge is 0.251 e. The standard InChI is InChI=1S/C16H14Cl3N3O2/c1-9-11(17)3-2-4-12(9)21-15(23)5-6-20-16(24)10-7-13(18)22-14(19)8-10/h2-4,7-8H,5-6H2,1H3,(H,20,24)(H,21,23). The van der Waals surface area contributed by atoms with Crippen molar-refractivity contribution in [2.45, 2.75) is 13.3 Å². The van der Waals surface area contributed by atoms with Crippen LogP contribution in [0, 0.1) is 6.92 Å². The maximum Gasteiger partial charge on any atom is 0.251 e. The number of amides is 2. The van der Waals surface area contributed by atoms with Gasteiger partial charge in [0.05, 0.1) is 0 Å². The van der Waals surface area contributed by atoms with E-state index in [1.54, 1.807) is 18.2 Å². The molecule has 1 heterocycles. The van der Waals surface area contributed by atoms with Gasteiger partial charge in [-0.3, -0.25) is 9.59 Å². The molecule has 2 amide bonds. The average molecular weight is 387 g/mol. The molecule has 0 aliphatic rings. The van der Waals surface area contributed by atoms with Crippen molar-refractivity contribution in [1.82, 2.24) is 10.3 Å². The van der Waals surface area contributed by atoms with E-state index in [2.05, 4.69) is 15.6 Å². The van der Waals surface area contributed by atoms with Gasteiger partial charge >= 0.3 is 0 Å². The van der Waals surface area contributed by atoms with Crippen molar-refractivity contribution in [3.8, 4) is 0 Å². The van der Waals surface area contributed by atoms with Gasteiger partial charge in [0.2, 0.25) is 5.91 Å². The van der Waals surface area contributed by atoms with Crippen molar-refractivity contribution < 1.29 is 9.59 Å². The minimum Gasteiger partial charge on any atom is -0.352 e. The maximum atomic E-state index is 12.0. The lowest BCUT2D eigenvalue weighted by Crippen LogP contribution is -2.27. The molecule has 24 heavy (non-hydrogen) atoms. The Kier molecular flexibility index (Phi) is 6.43. The number of halogens is 3. The van der Waals surface area contributed by atoms with Crippen LogP contribution in [0.15, 0.2) is 30.3 Å². The summed E-state index contributed by atoms with van der Waals surface area (Å²) in [6, 6.07) is 8.07. The molecule has 0 atom stereocenters. The quantitative estimate of drug-likeness (QED) is 0.760. The summed E-state index contributed by atoms with van der Waals surface area (Å²) in [5, 5.41) is 6.21. The number of hydrogen-bond donors (Lipinski definition) is 2. The lowest BCUT2D eigenvalue weighted by atomic mass is 10.2. The van der Waals surface area contributed by atoms with Crippen LogP contribution in [0.3, 0.4) is 0 Å². The van der Waals surface area contributed by atoms with Gasteiger partial charge in [0.1, 0.15) is 10.3 Å². The van der Waals surface area contributed by atoms with E-state index in [9.17, 15) is 9.59 Å². The Morgan fingerprint density at radius 3 is 2.46 bits per heavy atom. The minimum absolute atomic E-state index is 0.115. The first kappa shape index (κ1) is 18.5. The predicted octanol–water partition coefficient (Wildman–Crippen LogP) is 4.11. The first-order chi connectivity index (χ1) is 11.4. The monoisotopic (exact) mass is 385 g/mol. The van der Waals surface area contributed by atoms with Crippen molar-refractivity contribution in [1.29, 1.82) is 0 Å². The molecule has 0 unspecified atom stereocenters. The van der Waals surface area contributed by atoms with Gasteiger partial charge in [-0.2, -0.15) is 0 Å². The summed E-state index contributed by atoms with van der Waals surface area (Å²) in [7, 11) is 0. The summed E-state index contributed by atoms with van der Waals surface area (Å²) in [4.78, 5) is 27.7. The number of carbonyl (C=O) groups is 2. The molecular weight excluding hydrogens is 373 g/mol. The third-order valence-electron chi connectivity index (χ3n) is 3.20. The fourth-order valence-corrected chi connectivity index (χ4v) is 2.58. The largest absolute Gasteiger partial charge is 0.352 e. The van der Waals surface area contributed by atoms with Gasteiger partial charge in [-0.1, -0.05) is 40.9 Å².